The summed E-state index contributed by atoms with van der Waals surface area (Å²) in [5.41, 5.74) is 5.91. The number of likely N-dealkylation sites (tertiary alicyclic amines) is 1. The molecule has 2 aliphatic heterocycles. The highest BCUT2D eigenvalue weighted by Gasteiger charge is 2.34. The summed E-state index contributed by atoms with van der Waals surface area (Å²) in [5, 5.41) is 31.2. The number of nitrogens with one attached hydrogen (secondary N) is 1. The molecule has 2 saturated heterocycles. The Hall–Kier alpha value is -3.60. The summed E-state index contributed by atoms with van der Waals surface area (Å²) in [4.78, 5) is 25.1. The Bertz CT molecular complexity index is 1400. The Labute approximate surface area is 264 Å². The van der Waals surface area contributed by atoms with Crippen molar-refractivity contribution in [3.05, 3.63) is 95.1 Å². The highest BCUT2D eigenvalue weighted by Crippen LogP contribution is 2.39. The molecular weight excluding hydrogens is 572 g/mol. The van der Waals surface area contributed by atoms with Crippen LogP contribution >= 0.6 is 0 Å². The van der Waals surface area contributed by atoms with Gasteiger partial charge in [0, 0.05) is 51.0 Å². The smallest absolute Gasteiger partial charge is 0.303 e. The number of carboxylic acids is 1. The molecule has 0 saturated carbocycles. The number of aliphatic hydroxyl groups is 2. The number of amides is 1. The summed E-state index contributed by atoms with van der Waals surface area (Å²) in [6.07, 6.45) is 2.96. The van der Waals surface area contributed by atoms with Crippen LogP contribution in [0.4, 0.5) is 0 Å². The van der Waals surface area contributed by atoms with E-state index in [9.17, 15) is 19.8 Å². The molecule has 0 aromatic heterocycles. The summed E-state index contributed by atoms with van der Waals surface area (Å²) in [6, 6.07) is 24.1. The van der Waals surface area contributed by atoms with Crippen LogP contribution in [0, 0.1) is 0 Å². The van der Waals surface area contributed by atoms with E-state index in [1.54, 1.807) is 0 Å². The average Bonchev–Trinajstić information content (AvgIpc) is 3.47. The number of β-amino-alcohol motifs (C(OH)–C–C–N with tert-alkyl or cyclic N) is 1. The second-order valence-electron chi connectivity index (χ2n) is 12.1. The van der Waals surface area contributed by atoms with Gasteiger partial charge in [-0.1, -0.05) is 73.2 Å². The Morgan fingerprint density at radius 3 is 2.33 bits per heavy atom. The largest absolute Gasteiger partial charge is 0.481 e. The predicted octanol–water partition coefficient (Wildman–Crippen LogP) is 5.11. The lowest BCUT2D eigenvalue weighted by Crippen LogP contribution is -2.38. The van der Waals surface area contributed by atoms with Crippen molar-refractivity contribution in [1.82, 2.24) is 10.2 Å². The highest BCUT2D eigenvalue weighted by atomic mass is 16.7. The van der Waals surface area contributed by atoms with Gasteiger partial charge in [0.05, 0.1) is 24.9 Å². The Morgan fingerprint density at radius 1 is 0.867 bits per heavy atom. The normalized spacial score (nSPS) is 21.9. The van der Waals surface area contributed by atoms with E-state index in [1.165, 1.54) is 0 Å². The lowest BCUT2D eigenvalue weighted by molar-refractivity contribution is -0.252. The number of aliphatic carboxylic acids is 1. The van der Waals surface area contributed by atoms with Gasteiger partial charge in [0.2, 0.25) is 5.91 Å². The van der Waals surface area contributed by atoms with E-state index in [0.29, 0.717) is 38.8 Å². The van der Waals surface area contributed by atoms with Crippen molar-refractivity contribution in [3.63, 3.8) is 0 Å². The van der Waals surface area contributed by atoms with Gasteiger partial charge in [-0.2, -0.15) is 0 Å². The van der Waals surface area contributed by atoms with Crippen LogP contribution in [-0.4, -0.2) is 63.9 Å². The zero-order chi connectivity index (χ0) is 31.6. The first kappa shape index (κ1) is 32.8. The second kappa shape index (κ2) is 16.1. The number of carbonyl (C=O) groups excluding carboxylic acids is 1. The van der Waals surface area contributed by atoms with Crippen molar-refractivity contribution >= 4 is 11.9 Å². The van der Waals surface area contributed by atoms with Gasteiger partial charge in [0.15, 0.2) is 6.29 Å². The van der Waals surface area contributed by atoms with Crippen LogP contribution in [0.5, 0.6) is 0 Å². The minimum Gasteiger partial charge on any atom is -0.481 e. The first-order chi connectivity index (χ1) is 21.9. The second-order valence-corrected chi connectivity index (χ2v) is 12.1. The minimum absolute atomic E-state index is 0.00107. The summed E-state index contributed by atoms with van der Waals surface area (Å²) < 4.78 is 13.0. The molecule has 4 N–H and O–H groups in total. The third kappa shape index (κ3) is 9.69. The molecule has 0 aliphatic carbocycles. The van der Waals surface area contributed by atoms with Crippen LogP contribution in [0.15, 0.2) is 72.8 Å². The Morgan fingerprint density at radius 2 is 1.62 bits per heavy atom. The summed E-state index contributed by atoms with van der Waals surface area (Å²) in [5.74, 6) is -0.835. The van der Waals surface area contributed by atoms with Crippen molar-refractivity contribution in [2.24, 2.45) is 0 Å². The SMILES string of the molecule is O=C(O)CCCCCC(=O)NCc1cccc(-c2ccc([C@@H]3O[C@H](CN4CC[C@H](O)C4)C[C@H](c4ccc(CO)cc4)O3)cc2)c1. The summed E-state index contributed by atoms with van der Waals surface area (Å²) >= 11 is 0. The number of ether oxygens (including phenoxy) is 2. The zero-order valence-corrected chi connectivity index (χ0v) is 25.6. The lowest BCUT2D eigenvalue weighted by atomic mass is 9.99. The standard InChI is InChI=1S/C36H44N2O7/c39-24-25-9-11-28(12-10-25)33-20-32(23-38-18-17-31(40)22-38)44-36(45-33)29-15-13-27(14-16-29)30-6-4-5-26(19-30)21-37-34(41)7-2-1-3-8-35(42)43/h4-6,9-16,19,31-33,36,39-40H,1-3,7-8,17-18,20-24H2,(H,37,41)(H,42,43)/t31-,32-,33+,36+/m0/s1. The van der Waals surface area contributed by atoms with Gasteiger partial charge in [-0.25, -0.2) is 0 Å². The van der Waals surface area contributed by atoms with Gasteiger partial charge in [-0.15, -0.1) is 0 Å². The molecule has 0 unspecified atom stereocenters. The van der Waals surface area contributed by atoms with Crippen LogP contribution < -0.4 is 5.32 Å². The fourth-order valence-electron chi connectivity index (χ4n) is 6.02. The number of hydrogen-bond acceptors (Lipinski definition) is 7. The van der Waals surface area contributed by atoms with Crippen LogP contribution in [0.1, 0.15) is 79.6 Å². The number of benzene rings is 3. The fourth-order valence-corrected chi connectivity index (χ4v) is 6.02. The van der Waals surface area contributed by atoms with Crippen molar-refractivity contribution in [2.45, 2.75) is 82.7 Å². The third-order valence-electron chi connectivity index (χ3n) is 8.55. The summed E-state index contributed by atoms with van der Waals surface area (Å²) in [7, 11) is 0. The molecule has 2 fully saturated rings. The summed E-state index contributed by atoms with van der Waals surface area (Å²) in [6.45, 7) is 2.68. The first-order valence-corrected chi connectivity index (χ1v) is 15.9. The molecule has 2 heterocycles. The van der Waals surface area contributed by atoms with E-state index in [-0.39, 0.29) is 37.2 Å². The molecule has 9 nitrogen and oxygen atoms in total. The van der Waals surface area contributed by atoms with Gasteiger partial charge in [0.25, 0.3) is 0 Å². The molecule has 3 aromatic rings. The van der Waals surface area contributed by atoms with E-state index in [1.807, 2.05) is 54.6 Å². The molecule has 1 amide bonds. The van der Waals surface area contributed by atoms with Crippen molar-refractivity contribution in [1.29, 1.82) is 0 Å². The number of carbonyl (C=O) groups is 2. The molecule has 4 atom stereocenters. The van der Waals surface area contributed by atoms with Gasteiger partial charge in [-0.05, 0) is 53.1 Å². The molecule has 0 radical (unpaired) electrons. The van der Waals surface area contributed by atoms with Crippen LogP contribution in [0.3, 0.4) is 0 Å². The van der Waals surface area contributed by atoms with Crippen LogP contribution in [0.2, 0.25) is 0 Å². The first-order valence-electron chi connectivity index (χ1n) is 15.9. The number of unbranched alkanes of at least 4 members (excludes halogenated alkanes) is 2. The number of rotatable bonds is 14. The van der Waals surface area contributed by atoms with Crippen molar-refractivity contribution < 1.29 is 34.4 Å². The van der Waals surface area contributed by atoms with E-state index in [4.69, 9.17) is 14.6 Å². The minimum atomic E-state index is -0.802. The maximum Gasteiger partial charge on any atom is 0.303 e. The van der Waals surface area contributed by atoms with E-state index >= 15 is 0 Å². The fraction of sp³-hybridized carbons (Fsp3) is 0.444. The molecule has 0 bridgehead atoms. The van der Waals surface area contributed by atoms with Crippen molar-refractivity contribution in [3.8, 4) is 11.1 Å². The van der Waals surface area contributed by atoms with Gasteiger partial charge < -0.3 is 30.1 Å². The topological polar surface area (TPSA) is 129 Å². The molecule has 2 aliphatic rings. The number of nitrogens with zero attached hydrogens (tertiary/aromatic N) is 1. The Balaban J connectivity index is 1.21. The monoisotopic (exact) mass is 616 g/mol. The number of aliphatic hydroxyl groups excluding tert-OH is 2. The molecule has 240 valence electrons. The van der Waals surface area contributed by atoms with Crippen LogP contribution in [-0.2, 0) is 32.2 Å². The molecule has 5 rings (SSSR count). The maximum atomic E-state index is 12.3. The average molecular weight is 617 g/mol. The van der Waals surface area contributed by atoms with Gasteiger partial charge in [0.1, 0.15) is 0 Å². The maximum absolute atomic E-state index is 12.3. The molecule has 9 heteroatoms. The quantitative estimate of drug-likeness (QED) is 0.184. The highest BCUT2D eigenvalue weighted by molar-refractivity contribution is 5.76. The van der Waals surface area contributed by atoms with E-state index in [2.05, 4.69) is 28.4 Å². The molecule has 45 heavy (non-hydrogen) atoms. The van der Waals surface area contributed by atoms with Gasteiger partial charge in [-0.3, -0.25) is 14.5 Å². The molecular formula is C36H44N2O7. The van der Waals surface area contributed by atoms with E-state index in [0.717, 1.165) is 59.3 Å². The third-order valence-corrected chi connectivity index (χ3v) is 8.55. The predicted molar refractivity (Wildman–Crippen MR) is 170 cm³/mol. The van der Waals surface area contributed by atoms with Crippen LogP contribution in [0.25, 0.3) is 11.1 Å². The van der Waals surface area contributed by atoms with Gasteiger partial charge >= 0.3 is 5.97 Å². The zero-order valence-electron chi connectivity index (χ0n) is 25.6. The molecule has 0 spiro atoms. The Kier molecular flexibility index (Phi) is 11.7. The lowest BCUT2D eigenvalue weighted by Gasteiger charge is -2.37. The molecule has 3 aromatic carbocycles. The number of carboxylic acid groups (broad SMARTS) is 1. The number of hydrogen-bond donors (Lipinski definition) is 4. The van der Waals surface area contributed by atoms with E-state index < -0.39 is 12.3 Å². The van der Waals surface area contributed by atoms with Crippen molar-refractivity contribution in [2.75, 3.05) is 19.6 Å².